The number of furan rings is 1. The Morgan fingerprint density at radius 1 is 1.10 bits per heavy atom. The molecule has 1 aromatic carbocycles. The second-order valence-corrected chi connectivity index (χ2v) is 7.90. The van der Waals surface area contributed by atoms with Crippen LogP contribution in [-0.2, 0) is 33.8 Å². The van der Waals surface area contributed by atoms with Gasteiger partial charge in [-0.2, -0.15) is 0 Å². The molecule has 1 unspecified atom stereocenters. The topological polar surface area (TPSA) is 88.9 Å². The fraction of sp³-hybridized carbons (Fsp3) is 0.227. The van der Waals surface area contributed by atoms with Gasteiger partial charge in [-0.15, -0.1) is 11.3 Å². The maximum absolute atomic E-state index is 12.9. The van der Waals surface area contributed by atoms with Crippen molar-refractivity contribution in [2.75, 3.05) is 6.61 Å². The van der Waals surface area contributed by atoms with E-state index in [1.807, 2.05) is 41.8 Å². The number of rotatable bonds is 6. The summed E-state index contributed by atoms with van der Waals surface area (Å²) in [6.07, 6.45) is 1.73. The summed E-state index contributed by atoms with van der Waals surface area (Å²) < 4.78 is 10.5. The van der Waals surface area contributed by atoms with Crippen LogP contribution in [0.15, 0.2) is 64.6 Å². The lowest BCUT2D eigenvalue weighted by atomic mass is 9.93. The molecule has 3 aromatic rings. The van der Waals surface area contributed by atoms with Crippen molar-refractivity contribution in [2.45, 2.75) is 25.6 Å². The summed E-state index contributed by atoms with van der Waals surface area (Å²) in [5.74, 6) is -1.24. The Kier molecular flexibility index (Phi) is 5.94. The average molecular weight is 424 g/mol. The standard InChI is InChI=1S/C22H20N2O5S/c25-20(23-12-17-7-4-10-30-17)14-29-22(27)18-11-15-5-1-2-6-16(15)13-24(18)21(26)19-8-3-9-28-19/h1-10,18H,11-14H2,(H,23,25). The van der Waals surface area contributed by atoms with Crippen molar-refractivity contribution in [2.24, 2.45) is 0 Å². The monoisotopic (exact) mass is 424 g/mol. The van der Waals surface area contributed by atoms with Crippen LogP contribution in [0.2, 0.25) is 0 Å². The molecular formula is C22H20N2O5S. The van der Waals surface area contributed by atoms with Crippen LogP contribution in [0, 0.1) is 0 Å². The Morgan fingerprint density at radius 3 is 2.67 bits per heavy atom. The van der Waals surface area contributed by atoms with Crippen LogP contribution in [0.4, 0.5) is 0 Å². The summed E-state index contributed by atoms with van der Waals surface area (Å²) in [7, 11) is 0. The minimum atomic E-state index is -0.831. The van der Waals surface area contributed by atoms with E-state index in [0.29, 0.717) is 13.0 Å². The summed E-state index contributed by atoms with van der Waals surface area (Å²) >= 11 is 1.53. The molecule has 2 amide bonds. The molecule has 0 saturated carbocycles. The summed E-state index contributed by atoms with van der Waals surface area (Å²) in [5, 5.41) is 4.64. The zero-order valence-corrected chi connectivity index (χ0v) is 16.9. The molecule has 7 nitrogen and oxygen atoms in total. The van der Waals surface area contributed by atoms with Gasteiger partial charge in [0.05, 0.1) is 12.8 Å². The Hall–Kier alpha value is -3.39. The maximum Gasteiger partial charge on any atom is 0.329 e. The number of benzene rings is 1. The molecule has 2 aromatic heterocycles. The van der Waals surface area contributed by atoms with Gasteiger partial charge >= 0.3 is 5.97 Å². The highest BCUT2D eigenvalue weighted by molar-refractivity contribution is 7.09. The maximum atomic E-state index is 12.9. The van der Waals surface area contributed by atoms with Crippen molar-refractivity contribution in [1.29, 1.82) is 0 Å². The molecule has 0 radical (unpaired) electrons. The van der Waals surface area contributed by atoms with Gasteiger partial charge < -0.3 is 19.4 Å². The van der Waals surface area contributed by atoms with E-state index in [1.165, 1.54) is 22.5 Å². The predicted molar refractivity (Wildman–Crippen MR) is 110 cm³/mol. The lowest BCUT2D eigenvalue weighted by molar-refractivity contribution is -0.153. The Balaban J connectivity index is 1.43. The van der Waals surface area contributed by atoms with Crippen LogP contribution in [0.5, 0.6) is 0 Å². The van der Waals surface area contributed by atoms with E-state index in [-0.39, 0.29) is 12.3 Å². The Morgan fingerprint density at radius 2 is 1.93 bits per heavy atom. The minimum Gasteiger partial charge on any atom is -0.459 e. The number of esters is 1. The SMILES string of the molecule is O=C(COC(=O)C1Cc2ccccc2CN1C(=O)c1ccco1)NCc1cccs1. The van der Waals surface area contributed by atoms with Gasteiger partial charge in [-0.05, 0) is 34.7 Å². The number of nitrogens with one attached hydrogen (secondary N) is 1. The number of hydrogen-bond acceptors (Lipinski definition) is 6. The van der Waals surface area contributed by atoms with E-state index < -0.39 is 30.4 Å². The first-order valence-electron chi connectivity index (χ1n) is 9.49. The highest BCUT2D eigenvalue weighted by atomic mass is 32.1. The van der Waals surface area contributed by atoms with Gasteiger partial charge in [-0.25, -0.2) is 4.79 Å². The van der Waals surface area contributed by atoms with Crippen molar-refractivity contribution in [3.05, 3.63) is 81.9 Å². The van der Waals surface area contributed by atoms with Crippen molar-refractivity contribution in [3.8, 4) is 0 Å². The number of carbonyl (C=O) groups is 3. The zero-order chi connectivity index (χ0) is 20.9. The number of amides is 2. The smallest absolute Gasteiger partial charge is 0.329 e. The third-order valence-electron chi connectivity index (χ3n) is 4.90. The van der Waals surface area contributed by atoms with Crippen LogP contribution < -0.4 is 5.32 Å². The molecular weight excluding hydrogens is 404 g/mol. The van der Waals surface area contributed by atoms with Crippen molar-refractivity contribution < 1.29 is 23.5 Å². The van der Waals surface area contributed by atoms with E-state index in [0.717, 1.165) is 16.0 Å². The van der Waals surface area contributed by atoms with Crippen molar-refractivity contribution in [1.82, 2.24) is 10.2 Å². The summed E-state index contributed by atoms with van der Waals surface area (Å²) in [5.41, 5.74) is 1.94. The summed E-state index contributed by atoms with van der Waals surface area (Å²) in [4.78, 5) is 40.2. The molecule has 8 heteroatoms. The van der Waals surface area contributed by atoms with Crippen LogP contribution in [0.25, 0.3) is 0 Å². The normalized spacial score (nSPS) is 15.3. The average Bonchev–Trinajstić information content (AvgIpc) is 3.49. The molecule has 4 rings (SSSR count). The number of thiophene rings is 1. The van der Waals surface area contributed by atoms with E-state index >= 15 is 0 Å². The largest absolute Gasteiger partial charge is 0.459 e. The number of ether oxygens (including phenoxy) is 1. The van der Waals surface area contributed by atoms with Gasteiger partial charge in [0.25, 0.3) is 11.8 Å². The second kappa shape index (κ2) is 8.96. The lowest BCUT2D eigenvalue weighted by Gasteiger charge is -2.34. The molecule has 0 aliphatic carbocycles. The third kappa shape index (κ3) is 4.44. The number of carbonyl (C=O) groups excluding carboxylic acids is 3. The van der Waals surface area contributed by atoms with Crippen LogP contribution in [0.1, 0.15) is 26.6 Å². The zero-order valence-electron chi connectivity index (χ0n) is 16.1. The van der Waals surface area contributed by atoms with Gasteiger partial charge in [-0.3, -0.25) is 9.59 Å². The number of nitrogens with zero attached hydrogens (tertiary/aromatic N) is 1. The van der Waals surface area contributed by atoms with Crippen LogP contribution in [0.3, 0.4) is 0 Å². The molecule has 1 aliphatic heterocycles. The summed E-state index contributed by atoms with van der Waals surface area (Å²) in [6.45, 7) is 0.249. The first-order valence-corrected chi connectivity index (χ1v) is 10.4. The molecule has 154 valence electrons. The van der Waals surface area contributed by atoms with Gasteiger partial charge in [0.1, 0.15) is 6.04 Å². The molecule has 3 heterocycles. The Labute approximate surface area is 177 Å². The molecule has 0 spiro atoms. The fourth-order valence-electron chi connectivity index (χ4n) is 3.37. The number of fused-ring (bicyclic) bond motifs is 1. The molecule has 1 N–H and O–H groups in total. The molecule has 0 fully saturated rings. The molecule has 0 bridgehead atoms. The third-order valence-corrected chi connectivity index (χ3v) is 5.78. The van der Waals surface area contributed by atoms with Gasteiger partial charge in [0.15, 0.2) is 12.4 Å². The van der Waals surface area contributed by atoms with Gasteiger partial charge in [0, 0.05) is 17.8 Å². The fourth-order valence-corrected chi connectivity index (χ4v) is 4.02. The molecule has 30 heavy (non-hydrogen) atoms. The first kappa shape index (κ1) is 19.9. The quantitative estimate of drug-likeness (QED) is 0.615. The Bertz CT molecular complexity index is 1030. The second-order valence-electron chi connectivity index (χ2n) is 6.86. The van der Waals surface area contributed by atoms with Crippen molar-refractivity contribution in [3.63, 3.8) is 0 Å². The van der Waals surface area contributed by atoms with E-state index in [9.17, 15) is 14.4 Å². The van der Waals surface area contributed by atoms with Crippen molar-refractivity contribution >= 4 is 29.1 Å². The molecule has 1 aliphatic rings. The predicted octanol–water partition coefficient (Wildman–Crippen LogP) is 2.77. The molecule has 0 saturated heterocycles. The van der Waals surface area contributed by atoms with Gasteiger partial charge in [0.2, 0.25) is 0 Å². The van der Waals surface area contributed by atoms with E-state index in [4.69, 9.17) is 9.15 Å². The van der Waals surface area contributed by atoms with Crippen LogP contribution >= 0.6 is 11.3 Å². The molecule has 1 atom stereocenters. The van der Waals surface area contributed by atoms with Gasteiger partial charge in [-0.1, -0.05) is 30.3 Å². The van der Waals surface area contributed by atoms with E-state index in [2.05, 4.69) is 5.32 Å². The summed E-state index contributed by atoms with van der Waals surface area (Å²) in [6, 6.07) is 13.8. The van der Waals surface area contributed by atoms with E-state index in [1.54, 1.807) is 12.1 Å². The highest BCUT2D eigenvalue weighted by Crippen LogP contribution is 2.26. The lowest BCUT2D eigenvalue weighted by Crippen LogP contribution is -2.49. The number of hydrogen-bond donors (Lipinski definition) is 1. The highest BCUT2D eigenvalue weighted by Gasteiger charge is 2.37. The van der Waals surface area contributed by atoms with Crippen LogP contribution in [-0.4, -0.2) is 35.3 Å². The minimum absolute atomic E-state index is 0.154. The first-order chi connectivity index (χ1) is 14.6.